The number of nitrogens with one attached hydrogen (secondary N) is 3. The molecule has 0 aromatic rings. The first kappa shape index (κ1) is 22.0. The van der Waals surface area contributed by atoms with Gasteiger partial charge in [-0.3, -0.25) is 0 Å². The van der Waals surface area contributed by atoms with Gasteiger partial charge in [-0.2, -0.15) is 0 Å². The summed E-state index contributed by atoms with van der Waals surface area (Å²) in [6.45, 7) is -0.959. The van der Waals surface area contributed by atoms with Crippen LogP contribution in [0.5, 0.6) is 0 Å². The molecule has 0 aliphatic carbocycles. The summed E-state index contributed by atoms with van der Waals surface area (Å²) in [5.41, 5.74) is 0. The molecular weight excluding hydrogens is 262 g/mol. The van der Waals surface area contributed by atoms with Gasteiger partial charge in [-0.05, 0) is 0 Å². The highest BCUT2D eigenvalue weighted by Crippen LogP contribution is 1.79. The van der Waals surface area contributed by atoms with Crippen molar-refractivity contribution < 1.29 is 33.7 Å². The van der Waals surface area contributed by atoms with E-state index in [1.54, 1.807) is 0 Å². The van der Waals surface area contributed by atoms with E-state index in [4.69, 9.17) is 5.11 Å². The lowest BCUT2D eigenvalue weighted by molar-refractivity contribution is 0.0259. The number of ether oxygens (including phenoxy) is 3. The molecule has 0 heterocycles. The van der Waals surface area contributed by atoms with Crippen LogP contribution in [0.15, 0.2) is 0 Å². The number of alkyl carbamates (subject to hydrolysis) is 3. The van der Waals surface area contributed by atoms with E-state index >= 15 is 0 Å². The van der Waals surface area contributed by atoms with Gasteiger partial charge in [0.2, 0.25) is 6.79 Å². The third-order valence-corrected chi connectivity index (χ3v) is 1.19. The van der Waals surface area contributed by atoms with Crippen molar-refractivity contribution in [1.29, 1.82) is 0 Å². The zero-order valence-electron chi connectivity index (χ0n) is 10.3. The molecular formula is C9H21N3O7. The van der Waals surface area contributed by atoms with Gasteiger partial charge in [0, 0.05) is 21.1 Å². The Balaban J connectivity index is -0.000000280. The maximum Gasteiger partial charge on any atom is 0.409 e. The number of rotatable bonds is 3. The van der Waals surface area contributed by atoms with Crippen LogP contribution in [0.25, 0.3) is 0 Å². The van der Waals surface area contributed by atoms with E-state index in [2.05, 4.69) is 30.2 Å². The van der Waals surface area contributed by atoms with E-state index in [0.717, 1.165) is 0 Å². The predicted octanol–water partition coefficient (Wildman–Crippen LogP) is -0.416. The number of carbonyl (C=O) groups excluding carboxylic acids is 3. The minimum Gasteiger partial charge on any atom is -0.423 e. The zero-order chi connectivity index (χ0) is 14.4. The van der Waals surface area contributed by atoms with Crippen LogP contribution in [-0.4, -0.2) is 58.1 Å². The van der Waals surface area contributed by atoms with Gasteiger partial charge in [-0.1, -0.05) is 7.43 Å². The Kier molecular flexibility index (Phi) is 18.3. The molecule has 0 saturated carbocycles. The fourth-order valence-corrected chi connectivity index (χ4v) is 0.412. The summed E-state index contributed by atoms with van der Waals surface area (Å²) in [6, 6.07) is 0. The zero-order valence-corrected chi connectivity index (χ0v) is 10.3. The third-order valence-electron chi connectivity index (χ3n) is 1.19. The largest absolute Gasteiger partial charge is 0.423 e. The van der Waals surface area contributed by atoms with E-state index in [-0.39, 0.29) is 14.2 Å². The summed E-state index contributed by atoms with van der Waals surface area (Å²) >= 11 is 0. The second-order valence-electron chi connectivity index (χ2n) is 2.29. The first-order valence-electron chi connectivity index (χ1n) is 4.66. The van der Waals surface area contributed by atoms with Gasteiger partial charge in [-0.25, -0.2) is 14.4 Å². The first-order valence-corrected chi connectivity index (χ1v) is 4.66. The monoisotopic (exact) mass is 283 g/mol. The van der Waals surface area contributed by atoms with Crippen molar-refractivity contribution in [2.45, 2.75) is 7.43 Å². The molecule has 0 saturated heterocycles. The van der Waals surface area contributed by atoms with Crippen molar-refractivity contribution in [1.82, 2.24) is 16.0 Å². The van der Waals surface area contributed by atoms with E-state index in [0.29, 0.717) is 0 Å². The van der Waals surface area contributed by atoms with Crippen molar-refractivity contribution in [2.75, 3.05) is 34.7 Å². The molecule has 10 heteroatoms. The van der Waals surface area contributed by atoms with Gasteiger partial charge < -0.3 is 35.3 Å². The summed E-state index contributed by atoms with van der Waals surface area (Å²) in [5.74, 6) is 0. The lowest BCUT2D eigenvalue weighted by Gasteiger charge is -2.03. The Morgan fingerprint density at radius 3 is 1.37 bits per heavy atom. The van der Waals surface area contributed by atoms with Gasteiger partial charge in [0.15, 0.2) is 6.79 Å². The van der Waals surface area contributed by atoms with Gasteiger partial charge in [0.1, 0.15) is 0 Å². The Morgan fingerprint density at radius 1 is 0.842 bits per heavy atom. The normalized spacial score (nSPS) is 7.58. The molecule has 0 atom stereocenters. The van der Waals surface area contributed by atoms with Crippen LogP contribution in [0.4, 0.5) is 14.4 Å². The second-order valence-corrected chi connectivity index (χ2v) is 2.29. The van der Waals surface area contributed by atoms with Crippen LogP contribution in [0, 0.1) is 0 Å². The van der Waals surface area contributed by atoms with Crippen LogP contribution < -0.4 is 16.0 Å². The molecule has 0 aromatic heterocycles. The van der Waals surface area contributed by atoms with Gasteiger partial charge in [0.25, 0.3) is 0 Å². The highest BCUT2D eigenvalue weighted by atomic mass is 16.7. The molecule has 0 radical (unpaired) electrons. The number of aliphatic hydroxyl groups is 1. The molecule has 10 nitrogen and oxygen atoms in total. The molecule has 4 N–H and O–H groups in total. The summed E-state index contributed by atoms with van der Waals surface area (Å²) in [4.78, 5) is 30.6. The van der Waals surface area contributed by atoms with E-state index < -0.39 is 25.1 Å². The van der Waals surface area contributed by atoms with Crippen LogP contribution in [0.1, 0.15) is 7.43 Å². The van der Waals surface area contributed by atoms with Crippen LogP contribution in [-0.2, 0) is 14.2 Å². The highest BCUT2D eigenvalue weighted by molar-refractivity contribution is 5.68. The van der Waals surface area contributed by atoms with E-state index in [9.17, 15) is 14.4 Å². The Labute approximate surface area is 111 Å². The van der Waals surface area contributed by atoms with Crippen molar-refractivity contribution >= 4 is 18.3 Å². The number of hydrogen-bond acceptors (Lipinski definition) is 7. The van der Waals surface area contributed by atoms with Crippen LogP contribution >= 0.6 is 0 Å². The predicted molar refractivity (Wildman–Crippen MR) is 65.3 cm³/mol. The fraction of sp³-hybridized carbons (Fsp3) is 0.667. The molecule has 114 valence electrons. The maximum absolute atomic E-state index is 10.3. The standard InChI is InChI=1S/C5H10N2O4.C3H7NO3.CH4/c1-6-4(8)10-3-11-5(9)7-2;1-4-3(6)7-2-5;/h3H2,1-2H3,(H,6,8)(H,7,9);5H,2H2,1H3,(H,4,6);1H4. The molecule has 0 spiro atoms. The Hall–Kier alpha value is -2.23. The topological polar surface area (TPSA) is 135 Å². The average molecular weight is 283 g/mol. The molecule has 3 amide bonds. The Morgan fingerprint density at radius 2 is 1.16 bits per heavy atom. The molecule has 0 fully saturated rings. The summed E-state index contributed by atoms with van der Waals surface area (Å²) in [5, 5.41) is 14.4. The second kappa shape index (κ2) is 15.8. The van der Waals surface area contributed by atoms with Gasteiger partial charge in [0.05, 0.1) is 0 Å². The van der Waals surface area contributed by atoms with Crippen molar-refractivity contribution in [3.63, 3.8) is 0 Å². The SMILES string of the molecule is C.CNC(=O)OCO.CNC(=O)OCOC(=O)NC. The average Bonchev–Trinajstić information content (AvgIpc) is 2.39. The fourth-order valence-electron chi connectivity index (χ4n) is 0.412. The van der Waals surface area contributed by atoms with E-state index in [1.165, 1.54) is 21.1 Å². The molecule has 0 aliphatic heterocycles. The van der Waals surface area contributed by atoms with Crippen molar-refractivity contribution in [3.05, 3.63) is 0 Å². The number of carbonyl (C=O) groups is 3. The molecule has 19 heavy (non-hydrogen) atoms. The minimum absolute atomic E-state index is 0. The quantitative estimate of drug-likeness (QED) is 0.517. The first-order chi connectivity index (χ1) is 8.51. The highest BCUT2D eigenvalue weighted by Gasteiger charge is 1.99. The van der Waals surface area contributed by atoms with Crippen molar-refractivity contribution in [3.8, 4) is 0 Å². The lowest BCUT2D eigenvalue weighted by Crippen LogP contribution is -2.25. The number of amides is 3. The van der Waals surface area contributed by atoms with Crippen LogP contribution in [0.2, 0.25) is 0 Å². The third kappa shape index (κ3) is 18.3. The van der Waals surface area contributed by atoms with Gasteiger partial charge in [-0.15, -0.1) is 0 Å². The summed E-state index contributed by atoms with van der Waals surface area (Å²) in [6.07, 6.45) is -1.91. The molecule has 0 rings (SSSR count). The van der Waals surface area contributed by atoms with E-state index in [1.807, 2.05) is 0 Å². The smallest absolute Gasteiger partial charge is 0.409 e. The van der Waals surface area contributed by atoms with Crippen molar-refractivity contribution in [2.24, 2.45) is 0 Å². The molecule has 0 aromatic carbocycles. The molecule has 0 unspecified atom stereocenters. The number of hydrogen-bond donors (Lipinski definition) is 4. The lowest BCUT2D eigenvalue weighted by atomic mass is 11.0. The van der Waals surface area contributed by atoms with Gasteiger partial charge >= 0.3 is 18.3 Å². The summed E-state index contributed by atoms with van der Waals surface area (Å²) in [7, 11) is 4.22. The minimum atomic E-state index is -0.645. The molecule has 0 aliphatic rings. The number of aliphatic hydroxyl groups excluding tert-OH is 1. The maximum atomic E-state index is 10.3. The molecule has 0 bridgehead atoms. The summed E-state index contributed by atoms with van der Waals surface area (Å²) < 4.78 is 12.7. The Bertz CT molecular complexity index is 244. The van der Waals surface area contributed by atoms with Crippen LogP contribution in [0.3, 0.4) is 0 Å².